The summed E-state index contributed by atoms with van der Waals surface area (Å²) in [6, 6.07) is 0. The number of ether oxygens (including phenoxy) is 3. The lowest BCUT2D eigenvalue weighted by Gasteiger charge is -2.27. The van der Waals surface area contributed by atoms with E-state index in [-0.39, 0.29) is 24.6 Å². The summed E-state index contributed by atoms with van der Waals surface area (Å²) in [5.74, 6) is -0.369. The van der Waals surface area contributed by atoms with Crippen molar-refractivity contribution >= 4 is 12.1 Å². The number of nitrogens with zero attached hydrogens (tertiary/aromatic N) is 1. The molecule has 142 valence electrons. The Morgan fingerprint density at radius 3 is 2.08 bits per heavy atom. The Labute approximate surface area is 146 Å². The molecule has 0 aliphatic rings. The van der Waals surface area contributed by atoms with E-state index in [1.165, 1.54) is 4.90 Å². The first-order valence-corrected chi connectivity index (χ1v) is 8.86. The third-order valence-electron chi connectivity index (χ3n) is 3.61. The van der Waals surface area contributed by atoms with Crippen LogP contribution in [0, 0.1) is 5.92 Å². The average molecular weight is 345 g/mol. The predicted octanol–water partition coefficient (Wildman–Crippen LogP) is 3.63. The van der Waals surface area contributed by atoms with Gasteiger partial charge in [-0.3, -0.25) is 4.79 Å². The molecule has 0 saturated heterocycles. The Kier molecular flexibility index (Phi) is 10.7. The van der Waals surface area contributed by atoms with Gasteiger partial charge in [-0.05, 0) is 40.5 Å². The van der Waals surface area contributed by atoms with E-state index in [1.54, 1.807) is 0 Å². The molecular weight excluding hydrogens is 310 g/mol. The lowest BCUT2D eigenvalue weighted by Crippen LogP contribution is -2.41. The zero-order chi connectivity index (χ0) is 18.8. The molecule has 0 aromatic rings. The summed E-state index contributed by atoms with van der Waals surface area (Å²) >= 11 is 0. The fraction of sp³-hybridized carbons (Fsp3) is 0.889. The number of carbonyl (C=O) groups excluding carboxylic acids is 2. The molecule has 0 aliphatic carbocycles. The van der Waals surface area contributed by atoms with Crippen LogP contribution in [0.25, 0.3) is 0 Å². The first-order valence-electron chi connectivity index (χ1n) is 8.86. The number of esters is 1. The highest BCUT2D eigenvalue weighted by Crippen LogP contribution is 2.10. The molecule has 0 radical (unpaired) electrons. The maximum atomic E-state index is 12.3. The SMILES string of the molecule is CCC(C)OCCN(CCOC(=O)C(C)CC)C(=O)OC(C)(C)C. The van der Waals surface area contributed by atoms with Crippen LogP contribution < -0.4 is 0 Å². The van der Waals surface area contributed by atoms with Gasteiger partial charge in [0, 0.05) is 6.54 Å². The predicted molar refractivity (Wildman–Crippen MR) is 93.9 cm³/mol. The molecule has 2 unspecified atom stereocenters. The second-order valence-electron chi connectivity index (χ2n) is 7.03. The fourth-order valence-corrected chi connectivity index (χ4v) is 1.67. The van der Waals surface area contributed by atoms with Gasteiger partial charge in [0.25, 0.3) is 0 Å². The van der Waals surface area contributed by atoms with Gasteiger partial charge in [-0.2, -0.15) is 0 Å². The zero-order valence-electron chi connectivity index (χ0n) is 16.4. The normalized spacial score (nSPS) is 14.0. The van der Waals surface area contributed by atoms with Crippen LogP contribution in [0.4, 0.5) is 4.79 Å². The standard InChI is InChI=1S/C18H35NO5/c1-8-14(3)16(20)23-13-11-19(10-12-22-15(4)9-2)17(21)24-18(5,6)7/h14-15H,8-13H2,1-7H3. The van der Waals surface area contributed by atoms with E-state index in [0.717, 1.165) is 12.8 Å². The van der Waals surface area contributed by atoms with E-state index < -0.39 is 11.7 Å². The number of hydrogen-bond acceptors (Lipinski definition) is 5. The number of amides is 1. The molecule has 24 heavy (non-hydrogen) atoms. The lowest BCUT2D eigenvalue weighted by molar-refractivity contribution is -0.148. The van der Waals surface area contributed by atoms with Crippen LogP contribution >= 0.6 is 0 Å². The Bertz CT molecular complexity index is 378. The third-order valence-corrected chi connectivity index (χ3v) is 3.61. The molecule has 2 atom stereocenters. The van der Waals surface area contributed by atoms with Crippen LogP contribution in [0.5, 0.6) is 0 Å². The second-order valence-corrected chi connectivity index (χ2v) is 7.03. The van der Waals surface area contributed by atoms with Gasteiger partial charge in [-0.25, -0.2) is 4.79 Å². The van der Waals surface area contributed by atoms with Gasteiger partial charge in [0.05, 0.1) is 25.2 Å². The van der Waals surface area contributed by atoms with Crippen LogP contribution in [-0.4, -0.2) is 55.0 Å². The molecule has 0 saturated carbocycles. The van der Waals surface area contributed by atoms with Crippen LogP contribution in [0.15, 0.2) is 0 Å². The van der Waals surface area contributed by atoms with Crippen LogP contribution in [0.2, 0.25) is 0 Å². The molecule has 0 heterocycles. The van der Waals surface area contributed by atoms with E-state index in [2.05, 4.69) is 0 Å². The second kappa shape index (κ2) is 11.3. The summed E-state index contributed by atoms with van der Waals surface area (Å²) in [4.78, 5) is 25.5. The maximum absolute atomic E-state index is 12.3. The highest BCUT2D eigenvalue weighted by molar-refractivity contribution is 5.72. The van der Waals surface area contributed by atoms with E-state index in [4.69, 9.17) is 14.2 Å². The molecular formula is C18H35NO5. The minimum Gasteiger partial charge on any atom is -0.464 e. The number of hydrogen-bond donors (Lipinski definition) is 0. The molecule has 0 fully saturated rings. The highest BCUT2D eigenvalue weighted by Gasteiger charge is 2.22. The first kappa shape index (κ1) is 22.7. The molecule has 0 N–H and O–H groups in total. The van der Waals surface area contributed by atoms with Gasteiger partial charge in [0.1, 0.15) is 12.2 Å². The van der Waals surface area contributed by atoms with E-state index in [1.807, 2.05) is 48.5 Å². The Morgan fingerprint density at radius 1 is 1.00 bits per heavy atom. The first-order chi connectivity index (χ1) is 11.1. The summed E-state index contributed by atoms with van der Waals surface area (Å²) in [5, 5.41) is 0. The summed E-state index contributed by atoms with van der Waals surface area (Å²) in [6.45, 7) is 14.5. The Morgan fingerprint density at radius 2 is 1.58 bits per heavy atom. The van der Waals surface area contributed by atoms with Crippen molar-refractivity contribution in [2.24, 2.45) is 5.92 Å². The van der Waals surface area contributed by atoms with Gasteiger partial charge in [-0.1, -0.05) is 20.8 Å². The number of carbonyl (C=O) groups is 2. The Hall–Kier alpha value is -1.30. The summed E-state index contributed by atoms with van der Waals surface area (Å²) in [5.41, 5.74) is -0.569. The van der Waals surface area contributed by atoms with Crippen LogP contribution in [0.1, 0.15) is 61.3 Å². The van der Waals surface area contributed by atoms with Crippen molar-refractivity contribution in [3.63, 3.8) is 0 Å². The van der Waals surface area contributed by atoms with E-state index in [9.17, 15) is 9.59 Å². The van der Waals surface area contributed by atoms with Crippen molar-refractivity contribution in [3.05, 3.63) is 0 Å². The average Bonchev–Trinajstić information content (AvgIpc) is 2.50. The minimum absolute atomic E-state index is 0.131. The minimum atomic E-state index is -0.569. The molecule has 0 aromatic heterocycles. The van der Waals surface area contributed by atoms with Gasteiger partial charge in [-0.15, -0.1) is 0 Å². The van der Waals surface area contributed by atoms with Crippen molar-refractivity contribution in [1.29, 1.82) is 0 Å². The van der Waals surface area contributed by atoms with Crippen molar-refractivity contribution < 1.29 is 23.8 Å². The Balaban J connectivity index is 4.51. The molecule has 6 heteroatoms. The highest BCUT2D eigenvalue weighted by atomic mass is 16.6. The molecule has 0 spiro atoms. The van der Waals surface area contributed by atoms with Gasteiger partial charge >= 0.3 is 12.1 Å². The maximum Gasteiger partial charge on any atom is 0.410 e. The lowest BCUT2D eigenvalue weighted by atomic mass is 10.1. The quantitative estimate of drug-likeness (QED) is 0.566. The summed E-state index contributed by atoms with van der Waals surface area (Å²) in [6.07, 6.45) is 1.37. The van der Waals surface area contributed by atoms with Crippen LogP contribution in [-0.2, 0) is 19.0 Å². The van der Waals surface area contributed by atoms with Crippen molar-refractivity contribution in [3.8, 4) is 0 Å². The summed E-state index contributed by atoms with van der Waals surface area (Å²) < 4.78 is 16.3. The van der Waals surface area contributed by atoms with Crippen molar-refractivity contribution in [2.75, 3.05) is 26.3 Å². The van der Waals surface area contributed by atoms with Crippen molar-refractivity contribution in [2.45, 2.75) is 73.0 Å². The van der Waals surface area contributed by atoms with Gasteiger partial charge in [0.15, 0.2) is 0 Å². The van der Waals surface area contributed by atoms with E-state index >= 15 is 0 Å². The summed E-state index contributed by atoms with van der Waals surface area (Å²) in [7, 11) is 0. The molecule has 0 rings (SSSR count). The molecule has 0 bridgehead atoms. The fourth-order valence-electron chi connectivity index (χ4n) is 1.67. The van der Waals surface area contributed by atoms with Gasteiger partial charge < -0.3 is 19.1 Å². The smallest absolute Gasteiger partial charge is 0.410 e. The topological polar surface area (TPSA) is 65.1 Å². The largest absolute Gasteiger partial charge is 0.464 e. The molecule has 0 aliphatic heterocycles. The number of rotatable bonds is 10. The molecule has 6 nitrogen and oxygen atoms in total. The zero-order valence-corrected chi connectivity index (χ0v) is 16.4. The molecule has 0 aromatic carbocycles. The molecule has 1 amide bonds. The van der Waals surface area contributed by atoms with Crippen LogP contribution in [0.3, 0.4) is 0 Å². The van der Waals surface area contributed by atoms with Gasteiger partial charge in [0.2, 0.25) is 0 Å². The third kappa shape index (κ3) is 10.5. The van der Waals surface area contributed by atoms with Crippen molar-refractivity contribution in [1.82, 2.24) is 4.90 Å². The monoisotopic (exact) mass is 345 g/mol. The van der Waals surface area contributed by atoms with E-state index in [0.29, 0.717) is 19.7 Å².